The van der Waals surface area contributed by atoms with Crippen LogP contribution in [0, 0.1) is 0 Å². The van der Waals surface area contributed by atoms with E-state index in [2.05, 4.69) is 123 Å². The van der Waals surface area contributed by atoms with Crippen molar-refractivity contribution in [3.05, 3.63) is 91.0 Å². The fraction of sp³-hybridized carbons (Fsp3) is 0.217. The summed E-state index contributed by atoms with van der Waals surface area (Å²) in [4.78, 5) is 0. The molecule has 1 nitrogen and oxygen atoms in total. The number of halogens is 1. The molecule has 3 heteroatoms. The van der Waals surface area contributed by atoms with Crippen LogP contribution in [0.15, 0.2) is 91.0 Å². The van der Waals surface area contributed by atoms with Gasteiger partial charge in [-0.15, -0.1) is 0 Å². The molecule has 0 unspecified atom stereocenters. The third kappa shape index (κ3) is 3.88. The molecule has 0 atom stereocenters. The molecule has 0 amide bonds. The number of hydrogen-bond donors (Lipinski definition) is 0. The number of rotatable bonds is 4. The van der Waals surface area contributed by atoms with Crippen molar-refractivity contribution < 1.29 is 24.0 Å². The van der Waals surface area contributed by atoms with E-state index in [0.29, 0.717) is 0 Å². The molecule has 26 heavy (non-hydrogen) atoms. The lowest BCUT2D eigenvalue weighted by molar-refractivity contribution is -0.00000585. The van der Waals surface area contributed by atoms with E-state index in [0.717, 1.165) is 0 Å². The lowest BCUT2D eigenvalue weighted by atomic mass is 10.1. The van der Waals surface area contributed by atoms with Gasteiger partial charge in [0, 0.05) is 12.6 Å². The second kappa shape index (κ2) is 8.65. The molecule has 0 fully saturated rings. The first kappa shape index (κ1) is 21.1. The molecule has 0 spiro atoms. The van der Waals surface area contributed by atoms with E-state index in [-0.39, 0.29) is 29.5 Å². The highest BCUT2D eigenvalue weighted by molar-refractivity contribution is 7.93. The fourth-order valence-electron chi connectivity index (χ4n) is 3.35. The van der Waals surface area contributed by atoms with E-state index >= 15 is 0 Å². The van der Waals surface area contributed by atoms with Gasteiger partial charge in [-0.25, -0.2) is 0 Å². The molecule has 0 saturated carbocycles. The summed E-state index contributed by atoms with van der Waals surface area (Å²) in [5, 5.41) is 4.18. The van der Waals surface area contributed by atoms with E-state index in [4.69, 9.17) is 0 Å². The Hall–Kier alpha value is -1.22. The highest BCUT2D eigenvalue weighted by atomic mass is 127. The van der Waals surface area contributed by atoms with Crippen molar-refractivity contribution in [2.45, 2.75) is 26.3 Å². The predicted molar refractivity (Wildman–Crippen MR) is 113 cm³/mol. The summed E-state index contributed by atoms with van der Waals surface area (Å²) in [6.07, 6.45) is 0. The predicted octanol–water partition coefficient (Wildman–Crippen LogP) is 1.63. The van der Waals surface area contributed by atoms with Gasteiger partial charge in [0.1, 0.15) is 15.9 Å². The maximum atomic E-state index is 2.60. The quantitative estimate of drug-likeness (QED) is 0.410. The van der Waals surface area contributed by atoms with Gasteiger partial charge in [0.05, 0.1) is 0 Å². The standard InChI is InChI=1S/C23H27NP.HI/c1-23(2,3)24(4)25(20-14-8-5-9-15-20,21-16-10-6-11-17-21)22-18-12-7-13-19-22;/h5-19H,1-4H3;1H/q+1;/p-1. The topological polar surface area (TPSA) is 3.24 Å². The lowest BCUT2D eigenvalue weighted by Crippen LogP contribution is -3.00. The van der Waals surface area contributed by atoms with Gasteiger partial charge in [-0.1, -0.05) is 54.6 Å². The Morgan fingerprint density at radius 2 is 0.846 bits per heavy atom. The van der Waals surface area contributed by atoms with Crippen molar-refractivity contribution in [2.24, 2.45) is 0 Å². The number of benzene rings is 3. The smallest absolute Gasteiger partial charge is 0.181 e. The highest BCUT2D eigenvalue weighted by Gasteiger charge is 2.53. The highest BCUT2D eigenvalue weighted by Crippen LogP contribution is 2.60. The summed E-state index contributed by atoms with van der Waals surface area (Å²) in [6.45, 7) is 6.91. The van der Waals surface area contributed by atoms with Crippen LogP contribution in [0.25, 0.3) is 0 Å². The van der Waals surface area contributed by atoms with E-state index in [9.17, 15) is 0 Å². The van der Waals surface area contributed by atoms with Gasteiger partial charge in [0.15, 0.2) is 7.41 Å². The van der Waals surface area contributed by atoms with Crippen LogP contribution < -0.4 is 39.9 Å². The van der Waals surface area contributed by atoms with Crippen LogP contribution in [-0.4, -0.2) is 17.3 Å². The van der Waals surface area contributed by atoms with Crippen LogP contribution >= 0.6 is 7.41 Å². The molecule has 0 saturated heterocycles. The average Bonchev–Trinajstić information content (AvgIpc) is 2.64. The number of nitrogens with zero attached hydrogens (tertiary/aromatic N) is 1. The average molecular weight is 475 g/mol. The van der Waals surface area contributed by atoms with E-state index < -0.39 is 7.41 Å². The van der Waals surface area contributed by atoms with Crippen LogP contribution in [0.4, 0.5) is 0 Å². The van der Waals surface area contributed by atoms with Crippen molar-refractivity contribution in [3.8, 4) is 0 Å². The SMILES string of the molecule is CN(C(C)(C)C)[P+](c1ccccc1)(c1ccccc1)c1ccccc1.[I-]. The molecule has 3 aromatic carbocycles. The van der Waals surface area contributed by atoms with E-state index in [1.807, 2.05) is 0 Å². The molecule has 0 radical (unpaired) electrons. The Labute approximate surface area is 175 Å². The van der Waals surface area contributed by atoms with E-state index in [1.165, 1.54) is 15.9 Å². The summed E-state index contributed by atoms with van der Waals surface area (Å²) in [6, 6.07) is 33.0. The van der Waals surface area contributed by atoms with Gasteiger partial charge in [-0.2, -0.15) is 4.67 Å². The summed E-state index contributed by atoms with van der Waals surface area (Å²) < 4.78 is 2.60. The molecule has 3 aromatic rings. The van der Waals surface area contributed by atoms with Gasteiger partial charge in [-0.05, 0) is 57.2 Å². The summed E-state index contributed by atoms with van der Waals surface area (Å²) in [7, 11) is 0.346. The van der Waals surface area contributed by atoms with E-state index in [1.54, 1.807) is 0 Å². The Bertz CT molecular complexity index is 701. The van der Waals surface area contributed by atoms with Gasteiger partial charge >= 0.3 is 0 Å². The molecular formula is C23H27INP. The van der Waals surface area contributed by atoms with Crippen molar-refractivity contribution in [1.82, 2.24) is 4.67 Å². The zero-order valence-corrected chi connectivity index (χ0v) is 19.0. The maximum Gasteiger partial charge on any atom is 0.181 e. The Morgan fingerprint density at radius 1 is 0.577 bits per heavy atom. The molecule has 0 aliphatic carbocycles. The zero-order valence-electron chi connectivity index (χ0n) is 15.9. The van der Waals surface area contributed by atoms with Gasteiger partial charge < -0.3 is 24.0 Å². The van der Waals surface area contributed by atoms with Crippen molar-refractivity contribution >= 4 is 23.3 Å². The van der Waals surface area contributed by atoms with Gasteiger partial charge in [0.2, 0.25) is 0 Å². The molecule has 3 rings (SSSR count). The molecular weight excluding hydrogens is 448 g/mol. The molecule has 0 heterocycles. The van der Waals surface area contributed by atoms with Crippen molar-refractivity contribution in [1.29, 1.82) is 0 Å². The normalized spacial score (nSPS) is 11.9. The molecule has 0 N–H and O–H groups in total. The molecule has 136 valence electrons. The maximum absolute atomic E-state index is 2.60. The molecule has 0 aliphatic rings. The van der Waals surface area contributed by atoms with Crippen molar-refractivity contribution in [2.75, 3.05) is 7.05 Å². The monoisotopic (exact) mass is 475 g/mol. The minimum absolute atomic E-state index is 0. The second-order valence-corrected chi connectivity index (χ2v) is 10.8. The minimum atomic E-state index is -1.93. The Morgan fingerprint density at radius 3 is 1.08 bits per heavy atom. The minimum Gasteiger partial charge on any atom is -1.00 e. The van der Waals surface area contributed by atoms with Crippen LogP contribution in [0.2, 0.25) is 0 Å². The first-order valence-electron chi connectivity index (χ1n) is 8.77. The van der Waals surface area contributed by atoms with Crippen molar-refractivity contribution in [3.63, 3.8) is 0 Å². The van der Waals surface area contributed by atoms with Crippen LogP contribution in [-0.2, 0) is 0 Å². The molecule has 0 aliphatic heterocycles. The third-order valence-electron chi connectivity index (χ3n) is 4.81. The second-order valence-electron chi connectivity index (χ2n) is 7.34. The summed E-state index contributed by atoms with van der Waals surface area (Å²) >= 11 is 0. The summed E-state index contributed by atoms with van der Waals surface area (Å²) in [5.74, 6) is 0. The Balaban J connectivity index is 0.00000243. The molecule has 0 bridgehead atoms. The fourth-order valence-corrected chi connectivity index (χ4v) is 7.99. The largest absolute Gasteiger partial charge is 1.00 e. The van der Waals surface area contributed by atoms with Gasteiger partial charge in [-0.3, -0.25) is 0 Å². The summed E-state index contributed by atoms with van der Waals surface area (Å²) in [5.41, 5.74) is 0.0370. The Kier molecular flexibility index (Phi) is 7.01. The van der Waals surface area contributed by atoms with Gasteiger partial charge in [0.25, 0.3) is 0 Å². The third-order valence-corrected chi connectivity index (χ3v) is 9.45. The molecule has 0 aromatic heterocycles. The van der Waals surface area contributed by atoms with Crippen LogP contribution in [0.5, 0.6) is 0 Å². The first-order chi connectivity index (χ1) is 12.0. The lowest BCUT2D eigenvalue weighted by Gasteiger charge is -2.41. The van der Waals surface area contributed by atoms with Crippen LogP contribution in [0.3, 0.4) is 0 Å². The number of hydrogen-bond acceptors (Lipinski definition) is 1. The first-order valence-corrected chi connectivity index (χ1v) is 10.5. The zero-order chi connectivity index (χ0) is 17.9. The van der Waals surface area contributed by atoms with Crippen LogP contribution in [0.1, 0.15) is 20.8 Å².